The number of Topliss-reactive ketones (excluding diaryl/α,β-unsaturated/α-hetero) is 1. The second-order valence-electron chi connectivity index (χ2n) is 6.35. The first-order chi connectivity index (χ1) is 11.5. The molecule has 0 spiro atoms. The highest BCUT2D eigenvalue weighted by molar-refractivity contribution is 5.72. The van der Waals surface area contributed by atoms with Crippen molar-refractivity contribution in [3.63, 3.8) is 0 Å². The van der Waals surface area contributed by atoms with Crippen LogP contribution in [0.2, 0.25) is 0 Å². The molecule has 4 nitrogen and oxygen atoms in total. The number of ketones is 1. The number of methoxy groups -OCH3 is 1. The van der Waals surface area contributed by atoms with Gasteiger partial charge < -0.3 is 14.3 Å². The minimum atomic E-state index is 0.0987. The molecule has 0 unspecified atom stereocenters. The summed E-state index contributed by atoms with van der Waals surface area (Å²) in [5.74, 6) is 0.488. The molecule has 2 saturated carbocycles. The zero-order valence-corrected chi connectivity index (χ0v) is 16.9. The summed E-state index contributed by atoms with van der Waals surface area (Å²) in [5.41, 5.74) is 0. The Hall–Kier alpha value is -0.900. The number of ether oxygens (including phenoxy) is 2. The number of carbonyl (C=O) groups is 2. The molecule has 24 heavy (non-hydrogen) atoms. The topological polar surface area (TPSA) is 52.6 Å². The number of hydrogen-bond acceptors (Lipinski definition) is 4. The minimum Gasteiger partial charge on any atom is -0.462 e. The maximum atomic E-state index is 11.8. The number of rotatable bonds is 2. The molecule has 4 heteroatoms. The molecule has 0 atom stereocenters. The second kappa shape index (κ2) is 18.4. The standard InChI is InChI=1S/C13H22O2.C3H6O.C2H6O.C2H6/c14-13(11-7-3-1-4-8-11)15-12-9-5-2-6-10-12;1-3(2)4;1-3-2;1-2/h11-12H,1-10H2;1-2H3;1-2H3;1-2H3. The highest BCUT2D eigenvalue weighted by atomic mass is 16.5. The monoisotopic (exact) mass is 344 g/mol. The molecule has 0 aromatic heterocycles. The highest BCUT2D eigenvalue weighted by Gasteiger charge is 2.25. The third-order valence-electron chi connectivity index (χ3n) is 3.77. The van der Waals surface area contributed by atoms with Crippen molar-refractivity contribution in [2.24, 2.45) is 5.92 Å². The number of hydrogen-bond donors (Lipinski definition) is 0. The second-order valence-corrected chi connectivity index (χ2v) is 6.35. The van der Waals surface area contributed by atoms with Gasteiger partial charge >= 0.3 is 5.97 Å². The largest absolute Gasteiger partial charge is 0.462 e. The molecule has 2 aliphatic rings. The van der Waals surface area contributed by atoms with Crippen LogP contribution in [0.25, 0.3) is 0 Å². The van der Waals surface area contributed by atoms with E-state index in [-0.39, 0.29) is 23.8 Å². The maximum absolute atomic E-state index is 11.8. The summed E-state index contributed by atoms with van der Waals surface area (Å²) in [6.07, 6.45) is 12.1. The Labute approximate surface area is 149 Å². The third-order valence-corrected chi connectivity index (χ3v) is 3.77. The fourth-order valence-corrected chi connectivity index (χ4v) is 2.78. The van der Waals surface area contributed by atoms with Crippen LogP contribution in [0.15, 0.2) is 0 Å². The molecule has 0 bridgehead atoms. The van der Waals surface area contributed by atoms with E-state index in [0.29, 0.717) is 0 Å². The lowest BCUT2D eigenvalue weighted by Gasteiger charge is -2.26. The Kier molecular flexibility index (Phi) is 19.5. The summed E-state index contributed by atoms with van der Waals surface area (Å²) in [5, 5.41) is 0. The van der Waals surface area contributed by atoms with Crippen LogP contribution in [-0.4, -0.2) is 32.1 Å². The fraction of sp³-hybridized carbons (Fsp3) is 0.900. The first kappa shape index (κ1) is 25.3. The van der Waals surface area contributed by atoms with Gasteiger partial charge in [0.1, 0.15) is 11.9 Å². The van der Waals surface area contributed by atoms with E-state index < -0.39 is 0 Å². The summed E-state index contributed by atoms with van der Waals surface area (Å²) in [6.45, 7) is 7.06. The Bertz CT molecular complexity index is 286. The van der Waals surface area contributed by atoms with Gasteiger partial charge in [0.2, 0.25) is 0 Å². The third kappa shape index (κ3) is 16.0. The molecular weight excluding hydrogens is 304 g/mol. The molecule has 0 aliphatic heterocycles. The first-order valence-corrected chi connectivity index (χ1v) is 9.59. The summed E-state index contributed by atoms with van der Waals surface area (Å²) >= 11 is 0. The molecule has 0 saturated heterocycles. The van der Waals surface area contributed by atoms with Crippen LogP contribution in [0.5, 0.6) is 0 Å². The van der Waals surface area contributed by atoms with Crippen LogP contribution in [0.3, 0.4) is 0 Å². The Morgan fingerprint density at radius 2 is 1.08 bits per heavy atom. The average molecular weight is 345 g/mol. The van der Waals surface area contributed by atoms with Crippen molar-refractivity contribution in [2.45, 2.75) is 98.0 Å². The van der Waals surface area contributed by atoms with Crippen molar-refractivity contribution >= 4 is 11.8 Å². The lowest BCUT2D eigenvalue weighted by atomic mass is 9.89. The van der Waals surface area contributed by atoms with Crippen molar-refractivity contribution in [3.8, 4) is 0 Å². The Morgan fingerprint density at radius 3 is 1.46 bits per heavy atom. The number of esters is 1. The predicted molar refractivity (Wildman–Crippen MR) is 100 cm³/mol. The van der Waals surface area contributed by atoms with Gasteiger partial charge in [-0.25, -0.2) is 0 Å². The number of carbonyl (C=O) groups excluding carboxylic acids is 2. The van der Waals surface area contributed by atoms with Gasteiger partial charge in [0, 0.05) is 14.2 Å². The first-order valence-electron chi connectivity index (χ1n) is 9.59. The molecule has 2 fully saturated rings. The van der Waals surface area contributed by atoms with Crippen LogP contribution in [0.1, 0.15) is 91.9 Å². The van der Waals surface area contributed by atoms with Gasteiger partial charge in [-0.15, -0.1) is 0 Å². The minimum absolute atomic E-state index is 0.0987. The van der Waals surface area contributed by atoms with E-state index in [9.17, 15) is 9.59 Å². The lowest BCUT2D eigenvalue weighted by Crippen LogP contribution is -2.27. The van der Waals surface area contributed by atoms with Crippen molar-refractivity contribution in [2.75, 3.05) is 14.2 Å². The molecule has 0 heterocycles. The summed E-state index contributed by atoms with van der Waals surface area (Å²) in [4.78, 5) is 21.3. The molecule has 0 amide bonds. The van der Waals surface area contributed by atoms with Gasteiger partial charge in [0.05, 0.1) is 5.92 Å². The molecule has 0 N–H and O–H groups in total. The molecule has 2 aliphatic carbocycles. The van der Waals surface area contributed by atoms with Crippen LogP contribution in [-0.2, 0) is 19.1 Å². The van der Waals surface area contributed by atoms with Crippen LogP contribution in [0.4, 0.5) is 0 Å². The Balaban J connectivity index is 0. The van der Waals surface area contributed by atoms with Gasteiger partial charge in [-0.1, -0.05) is 39.5 Å². The SMILES string of the molecule is CC.CC(C)=O.COC.O=C(OC1CCCCC1)C1CCCCC1. The quantitative estimate of drug-likeness (QED) is 0.636. The maximum Gasteiger partial charge on any atom is 0.309 e. The zero-order valence-electron chi connectivity index (χ0n) is 16.9. The molecule has 144 valence electrons. The van der Waals surface area contributed by atoms with Crippen molar-refractivity contribution in [1.82, 2.24) is 0 Å². The fourth-order valence-electron chi connectivity index (χ4n) is 2.78. The van der Waals surface area contributed by atoms with E-state index in [2.05, 4.69) is 4.74 Å². The molecule has 0 aromatic rings. The summed E-state index contributed by atoms with van der Waals surface area (Å²) < 4.78 is 9.84. The Morgan fingerprint density at radius 1 is 0.750 bits per heavy atom. The van der Waals surface area contributed by atoms with Crippen molar-refractivity contribution < 1.29 is 19.1 Å². The molecular formula is C20H40O4. The van der Waals surface area contributed by atoms with E-state index in [1.807, 2.05) is 13.8 Å². The zero-order chi connectivity index (χ0) is 18.8. The molecule has 0 aromatic carbocycles. The van der Waals surface area contributed by atoms with E-state index in [0.717, 1.165) is 25.7 Å². The average Bonchev–Trinajstić information content (AvgIpc) is 2.59. The van der Waals surface area contributed by atoms with Gasteiger partial charge in [-0.2, -0.15) is 0 Å². The van der Waals surface area contributed by atoms with Crippen LogP contribution in [0, 0.1) is 5.92 Å². The summed E-state index contributed by atoms with van der Waals surface area (Å²) in [6, 6.07) is 0. The van der Waals surface area contributed by atoms with E-state index in [1.165, 1.54) is 52.4 Å². The van der Waals surface area contributed by atoms with Crippen molar-refractivity contribution in [3.05, 3.63) is 0 Å². The van der Waals surface area contributed by atoms with Crippen molar-refractivity contribution in [1.29, 1.82) is 0 Å². The van der Waals surface area contributed by atoms with Crippen LogP contribution >= 0.6 is 0 Å². The summed E-state index contributed by atoms with van der Waals surface area (Å²) in [7, 11) is 3.25. The van der Waals surface area contributed by atoms with Gasteiger partial charge in [-0.05, 0) is 52.4 Å². The predicted octanol–water partition coefficient (Wildman–Crippen LogP) is 5.33. The molecule has 2 rings (SSSR count). The van der Waals surface area contributed by atoms with E-state index in [1.54, 1.807) is 14.2 Å². The highest BCUT2D eigenvalue weighted by Crippen LogP contribution is 2.27. The van der Waals surface area contributed by atoms with Gasteiger partial charge in [0.25, 0.3) is 0 Å². The van der Waals surface area contributed by atoms with E-state index in [4.69, 9.17) is 4.74 Å². The lowest BCUT2D eigenvalue weighted by molar-refractivity contribution is -0.156. The van der Waals surface area contributed by atoms with E-state index >= 15 is 0 Å². The van der Waals surface area contributed by atoms with Crippen LogP contribution < -0.4 is 0 Å². The molecule has 0 radical (unpaired) electrons. The smallest absolute Gasteiger partial charge is 0.309 e. The van der Waals surface area contributed by atoms with Gasteiger partial charge in [-0.3, -0.25) is 4.79 Å². The van der Waals surface area contributed by atoms with Gasteiger partial charge in [0.15, 0.2) is 0 Å². The normalized spacial score (nSPS) is 17.8.